The first-order valence-corrected chi connectivity index (χ1v) is 12.3. The second-order valence-corrected chi connectivity index (χ2v) is 9.67. The molecule has 0 bridgehead atoms. The molecule has 0 radical (unpaired) electrons. The molecule has 0 spiro atoms. The van der Waals surface area contributed by atoms with Crippen LogP contribution in [0.25, 0.3) is 0 Å². The fraction of sp³-hybridized carbons (Fsp3) is 0.310. The van der Waals surface area contributed by atoms with Gasteiger partial charge in [0, 0.05) is 13.1 Å². The normalized spacial score (nSPS) is 19.4. The van der Waals surface area contributed by atoms with Crippen LogP contribution in [0.1, 0.15) is 41.1 Å². The highest BCUT2D eigenvalue weighted by atomic mass is 16.5. The van der Waals surface area contributed by atoms with Gasteiger partial charge in [0.1, 0.15) is 11.5 Å². The largest absolute Gasteiger partial charge is 0.480 e. The van der Waals surface area contributed by atoms with Gasteiger partial charge in [0.2, 0.25) is 0 Å². The quantitative estimate of drug-likeness (QED) is 0.380. The van der Waals surface area contributed by atoms with Gasteiger partial charge in [0.15, 0.2) is 0 Å². The van der Waals surface area contributed by atoms with Gasteiger partial charge in [0.25, 0.3) is 0 Å². The van der Waals surface area contributed by atoms with Crippen LogP contribution in [0.2, 0.25) is 0 Å². The molecule has 2 aliphatic rings. The van der Waals surface area contributed by atoms with Crippen LogP contribution < -0.4 is 16.0 Å². The summed E-state index contributed by atoms with van der Waals surface area (Å²) in [5.41, 5.74) is 4.49. The molecule has 3 aromatic carbocycles. The number of para-hydroxylation sites is 1. The van der Waals surface area contributed by atoms with Crippen LogP contribution in [0.3, 0.4) is 0 Å². The zero-order valence-electron chi connectivity index (χ0n) is 20.2. The minimum atomic E-state index is -0.945. The van der Waals surface area contributed by atoms with E-state index in [2.05, 4.69) is 47.1 Å². The Balaban J connectivity index is 1.36. The number of benzene rings is 3. The average molecular weight is 483 g/mol. The summed E-state index contributed by atoms with van der Waals surface area (Å²) >= 11 is 0. The lowest BCUT2D eigenvalue weighted by Crippen LogP contribution is -2.53. The molecule has 5 rings (SSSR count). The van der Waals surface area contributed by atoms with Gasteiger partial charge in [-0.1, -0.05) is 67.6 Å². The first-order chi connectivity index (χ1) is 17.5. The maximum absolute atomic E-state index is 11.9. The molecule has 7 nitrogen and oxygen atoms in total. The zero-order valence-corrected chi connectivity index (χ0v) is 20.2. The lowest BCUT2D eigenvalue weighted by molar-refractivity contribution is -0.163. The Labute approximate surface area is 211 Å². The Morgan fingerprint density at radius 2 is 1.89 bits per heavy atom. The highest BCUT2D eigenvalue weighted by molar-refractivity contribution is 5.83. The summed E-state index contributed by atoms with van der Waals surface area (Å²) in [6, 6.07) is 26.2. The highest BCUT2D eigenvalue weighted by Gasteiger charge is 2.48. The number of carboxylic acids is 1. The van der Waals surface area contributed by atoms with E-state index in [9.17, 15) is 15.2 Å². The van der Waals surface area contributed by atoms with E-state index >= 15 is 0 Å². The van der Waals surface area contributed by atoms with Gasteiger partial charge >= 0.3 is 5.97 Å². The first kappa shape index (κ1) is 23.9. The molecule has 0 aromatic heterocycles. The number of nitrogens with zero attached hydrogens (tertiary/aromatic N) is 1. The molecular formula is C29H30N4O3. The number of carbonyl (C=O) groups is 1. The number of ether oxygens (including phenoxy) is 1. The van der Waals surface area contributed by atoms with Crippen molar-refractivity contribution in [2.75, 3.05) is 36.9 Å². The summed E-state index contributed by atoms with van der Waals surface area (Å²) in [5.74, 6) is -0.685. The summed E-state index contributed by atoms with van der Waals surface area (Å²) in [4.78, 5) is 11.9. The van der Waals surface area contributed by atoms with E-state index in [1.807, 2.05) is 54.6 Å². The predicted octanol–water partition coefficient (Wildman–Crippen LogP) is 4.25. The van der Waals surface area contributed by atoms with E-state index in [-0.39, 0.29) is 31.2 Å². The molecule has 184 valence electrons. The minimum absolute atomic E-state index is 0.00498. The molecular weight excluding hydrogens is 452 g/mol. The Hall–Kier alpha value is -3.86. The molecule has 1 unspecified atom stereocenters. The smallest absolute Gasteiger partial charge is 0.318 e. The Bertz CT molecular complexity index is 1280. The van der Waals surface area contributed by atoms with Crippen molar-refractivity contribution < 1.29 is 14.6 Å². The van der Waals surface area contributed by atoms with Crippen molar-refractivity contribution in [1.29, 1.82) is 5.26 Å². The third-order valence-electron chi connectivity index (χ3n) is 7.35. The van der Waals surface area contributed by atoms with E-state index in [1.165, 1.54) is 0 Å². The second-order valence-electron chi connectivity index (χ2n) is 9.67. The standard InChI is InChI=1S/C29H30N4O3/c1-19(21-9-5-11-23(13-21)29(28(34)35)17-36-18-29)15-32-26(20-7-3-2-4-8-20)25-16-31-24-12-6-10-22(14-30)27(24)33-25/h2-13,19,25-26,31-33H,15-18H2,1H3,(H,34,35)/t19?,25-,26-/m1/s1. The maximum Gasteiger partial charge on any atom is 0.318 e. The lowest BCUT2D eigenvalue weighted by atomic mass is 9.77. The number of nitrogens with one attached hydrogen (secondary N) is 3. The third-order valence-corrected chi connectivity index (χ3v) is 7.35. The van der Waals surface area contributed by atoms with Crippen LogP contribution >= 0.6 is 0 Å². The second kappa shape index (κ2) is 10.0. The van der Waals surface area contributed by atoms with Gasteiger partial charge in [-0.2, -0.15) is 5.26 Å². The van der Waals surface area contributed by atoms with Crippen molar-refractivity contribution in [1.82, 2.24) is 5.32 Å². The molecule has 3 aromatic rings. The Morgan fingerprint density at radius 1 is 1.14 bits per heavy atom. The molecule has 36 heavy (non-hydrogen) atoms. The molecule has 0 amide bonds. The number of nitriles is 1. The molecule has 3 atom stereocenters. The highest BCUT2D eigenvalue weighted by Crippen LogP contribution is 2.35. The van der Waals surface area contributed by atoms with Crippen molar-refractivity contribution in [2.45, 2.75) is 30.3 Å². The predicted molar refractivity (Wildman–Crippen MR) is 139 cm³/mol. The topological polar surface area (TPSA) is 106 Å². The van der Waals surface area contributed by atoms with Crippen molar-refractivity contribution >= 4 is 17.3 Å². The number of hydrogen-bond donors (Lipinski definition) is 4. The van der Waals surface area contributed by atoms with Crippen molar-refractivity contribution in [3.8, 4) is 6.07 Å². The van der Waals surface area contributed by atoms with E-state index in [0.717, 1.165) is 28.1 Å². The van der Waals surface area contributed by atoms with Crippen LogP contribution in [-0.2, 0) is 14.9 Å². The van der Waals surface area contributed by atoms with E-state index in [4.69, 9.17) is 4.74 Å². The van der Waals surface area contributed by atoms with Gasteiger partial charge in [-0.15, -0.1) is 0 Å². The molecule has 2 heterocycles. The molecule has 1 fully saturated rings. The van der Waals surface area contributed by atoms with Crippen molar-refractivity contribution in [3.05, 3.63) is 95.1 Å². The first-order valence-electron chi connectivity index (χ1n) is 12.3. The molecule has 0 saturated carbocycles. The number of fused-ring (bicyclic) bond motifs is 1. The van der Waals surface area contributed by atoms with Crippen LogP contribution in [-0.4, -0.2) is 43.4 Å². The van der Waals surface area contributed by atoms with Crippen LogP contribution in [0.15, 0.2) is 72.8 Å². The van der Waals surface area contributed by atoms with Gasteiger partial charge in [0.05, 0.1) is 42.2 Å². The SMILES string of the molecule is CC(CN[C@H](c1ccccc1)[C@H]1CNc2cccc(C#N)c2N1)c1cccc(C2(C(=O)O)COC2)c1. The van der Waals surface area contributed by atoms with Gasteiger partial charge in [-0.05, 0) is 34.7 Å². The monoisotopic (exact) mass is 482 g/mol. The Kier molecular flexibility index (Phi) is 6.64. The fourth-order valence-corrected chi connectivity index (χ4v) is 5.04. The molecule has 4 N–H and O–H groups in total. The molecule has 2 aliphatic heterocycles. The summed E-state index contributed by atoms with van der Waals surface area (Å²) in [5, 5.41) is 30.2. The molecule has 1 saturated heterocycles. The summed E-state index contributed by atoms with van der Waals surface area (Å²) in [6.07, 6.45) is 0. The van der Waals surface area contributed by atoms with Gasteiger partial charge in [-0.3, -0.25) is 4.79 Å². The van der Waals surface area contributed by atoms with E-state index < -0.39 is 11.4 Å². The van der Waals surface area contributed by atoms with Crippen LogP contribution in [0, 0.1) is 11.3 Å². The van der Waals surface area contributed by atoms with Crippen LogP contribution in [0.4, 0.5) is 11.4 Å². The maximum atomic E-state index is 11.9. The number of carboxylic acid groups (broad SMARTS) is 1. The number of aliphatic carboxylic acids is 1. The van der Waals surface area contributed by atoms with Crippen molar-refractivity contribution in [3.63, 3.8) is 0 Å². The zero-order chi connectivity index (χ0) is 25.1. The summed E-state index contributed by atoms with van der Waals surface area (Å²) in [6.45, 7) is 3.97. The minimum Gasteiger partial charge on any atom is -0.480 e. The molecule has 0 aliphatic carbocycles. The van der Waals surface area contributed by atoms with E-state index in [0.29, 0.717) is 18.7 Å². The number of rotatable bonds is 8. The number of hydrogen-bond acceptors (Lipinski definition) is 6. The number of anilines is 2. The van der Waals surface area contributed by atoms with Crippen LogP contribution in [0.5, 0.6) is 0 Å². The van der Waals surface area contributed by atoms with Crippen molar-refractivity contribution in [2.24, 2.45) is 0 Å². The summed E-state index contributed by atoms with van der Waals surface area (Å²) < 4.78 is 5.26. The average Bonchev–Trinajstić information content (AvgIpc) is 2.88. The third kappa shape index (κ3) is 4.41. The fourth-order valence-electron chi connectivity index (χ4n) is 5.04. The van der Waals surface area contributed by atoms with Gasteiger partial charge < -0.3 is 25.8 Å². The van der Waals surface area contributed by atoms with Gasteiger partial charge in [-0.25, -0.2) is 0 Å². The molecule has 7 heteroatoms. The summed E-state index contributed by atoms with van der Waals surface area (Å²) in [7, 11) is 0. The lowest BCUT2D eigenvalue weighted by Gasteiger charge is -2.38. The van der Waals surface area contributed by atoms with E-state index in [1.54, 1.807) is 0 Å². The Morgan fingerprint density at radius 3 is 2.58 bits per heavy atom.